The number of amides is 1. The highest BCUT2D eigenvalue weighted by Gasteiger charge is 2.30. The summed E-state index contributed by atoms with van der Waals surface area (Å²) in [4.78, 5) is 12.7. The zero-order valence-corrected chi connectivity index (χ0v) is 14.6. The fraction of sp³-hybridized carbons (Fsp3) is 0.278. The summed E-state index contributed by atoms with van der Waals surface area (Å²) in [5.74, 6) is -0.722. The highest BCUT2D eigenvalue weighted by molar-refractivity contribution is 7.91. The normalized spacial score (nSPS) is 19.0. The van der Waals surface area contributed by atoms with Crippen molar-refractivity contribution in [3.63, 3.8) is 0 Å². The van der Waals surface area contributed by atoms with Crippen LogP contribution in [-0.4, -0.2) is 36.4 Å². The van der Waals surface area contributed by atoms with Crippen molar-refractivity contribution in [2.24, 2.45) is 0 Å². The number of benzene rings is 1. The molecule has 1 saturated heterocycles. The van der Waals surface area contributed by atoms with Crippen LogP contribution in [0, 0.1) is 5.82 Å². The predicted octanol–water partition coefficient (Wildman–Crippen LogP) is 2.34. The Morgan fingerprint density at radius 3 is 2.85 bits per heavy atom. The van der Waals surface area contributed by atoms with E-state index in [0.29, 0.717) is 28.8 Å². The molecule has 8 heteroatoms. The molecule has 2 aromatic heterocycles. The Balaban J connectivity index is 1.66. The van der Waals surface area contributed by atoms with Crippen molar-refractivity contribution in [2.45, 2.75) is 19.0 Å². The van der Waals surface area contributed by atoms with Gasteiger partial charge in [-0.25, -0.2) is 12.8 Å². The minimum absolute atomic E-state index is 0.0527. The summed E-state index contributed by atoms with van der Waals surface area (Å²) in [6.45, 7) is 0.168. The lowest BCUT2D eigenvalue weighted by molar-refractivity contribution is 0.0932. The summed E-state index contributed by atoms with van der Waals surface area (Å²) in [5.41, 5.74) is 1.96. The maximum Gasteiger partial charge on any atom is 0.268 e. The van der Waals surface area contributed by atoms with Gasteiger partial charge in [-0.2, -0.15) is 0 Å². The largest absolute Gasteiger partial charge is 0.463 e. The molecule has 0 spiro atoms. The highest BCUT2D eigenvalue weighted by Crippen LogP contribution is 2.24. The van der Waals surface area contributed by atoms with Gasteiger partial charge in [0.1, 0.15) is 11.5 Å². The van der Waals surface area contributed by atoms with Crippen LogP contribution < -0.4 is 5.32 Å². The minimum atomic E-state index is -3.09. The molecular formula is C18H17FN2O4S. The highest BCUT2D eigenvalue weighted by atomic mass is 32.2. The van der Waals surface area contributed by atoms with Gasteiger partial charge in [-0.15, -0.1) is 0 Å². The molecule has 1 atom stereocenters. The molecule has 3 aromatic rings. The molecule has 26 heavy (non-hydrogen) atoms. The number of fused-ring (bicyclic) bond motifs is 1. The Bertz CT molecular complexity index is 1080. The van der Waals surface area contributed by atoms with E-state index in [1.54, 1.807) is 34.9 Å². The molecule has 0 aliphatic carbocycles. The maximum atomic E-state index is 14.0. The Morgan fingerprint density at radius 1 is 1.31 bits per heavy atom. The van der Waals surface area contributed by atoms with Crippen LogP contribution in [0.15, 0.2) is 47.1 Å². The van der Waals surface area contributed by atoms with E-state index in [1.807, 2.05) is 0 Å². The van der Waals surface area contributed by atoms with Crippen LogP contribution in [0.4, 0.5) is 4.39 Å². The van der Waals surface area contributed by atoms with Crippen LogP contribution in [0.5, 0.6) is 0 Å². The standard InChI is InChI=1S/C18H17FN2O4S/c19-14-4-2-1-3-12(14)10-21-15-5-7-25-17(15)9-16(21)18(22)20-13-6-8-26(23,24)11-13/h1-5,7,9,13H,6,8,10-11H2,(H,20,22). The van der Waals surface area contributed by atoms with Crippen molar-refractivity contribution in [3.05, 3.63) is 59.7 Å². The third-order valence-electron chi connectivity index (χ3n) is 4.61. The summed E-state index contributed by atoms with van der Waals surface area (Å²) in [7, 11) is -3.09. The van der Waals surface area contributed by atoms with Crippen molar-refractivity contribution >= 4 is 26.8 Å². The first-order valence-corrected chi connectivity index (χ1v) is 10.1. The van der Waals surface area contributed by atoms with Crippen LogP contribution >= 0.6 is 0 Å². The molecular weight excluding hydrogens is 359 g/mol. The van der Waals surface area contributed by atoms with Gasteiger partial charge in [0.05, 0.1) is 29.8 Å². The predicted molar refractivity (Wildman–Crippen MR) is 94.2 cm³/mol. The van der Waals surface area contributed by atoms with Gasteiger partial charge in [0.15, 0.2) is 15.4 Å². The number of nitrogens with one attached hydrogen (secondary N) is 1. The number of aromatic nitrogens is 1. The van der Waals surface area contributed by atoms with Gasteiger partial charge < -0.3 is 14.3 Å². The van der Waals surface area contributed by atoms with Crippen molar-refractivity contribution in [2.75, 3.05) is 11.5 Å². The quantitative estimate of drug-likeness (QED) is 0.758. The van der Waals surface area contributed by atoms with E-state index in [4.69, 9.17) is 4.42 Å². The van der Waals surface area contributed by atoms with Crippen LogP contribution in [0.1, 0.15) is 22.5 Å². The second kappa shape index (κ2) is 6.28. The topological polar surface area (TPSA) is 81.3 Å². The van der Waals surface area contributed by atoms with Gasteiger partial charge >= 0.3 is 0 Å². The number of rotatable bonds is 4. The minimum Gasteiger partial charge on any atom is -0.463 e. The monoisotopic (exact) mass is 376 g/mol. The van der Waals surface area contributed by atoms with Gasteiger partial charge in [-0.3, -0.25) is 4.79 Å². The molecule has 3 heterocycles. The molecule has 0 bridgehead atoms. The average molecular weight is 376 g/mol. The molecule has 1 fully saturated rings. The number of nitrogens with zero attached hydrogens (tertiary/aromatic N) is 1. The van der Waals surface area contributed by atoms with E-state index < -0.39 is 21.8 Å². The fourth-order valence-electron chi connectivity index (χ4n) is 3.30. The van der Waals surface area contributed by atoms with Crippen LogP contribution in [0.2, 0.25) is 0 Å². The number of hydrogen-bond acceptors (Lipinski definition) is 4. The van der Waals surface area contributed by atoms with Crippen LogP contribution in [-0.2, 0) is 16.4 Å². The van der Waals surface area contributed by atoms with E-state index in [2.05, 4.69) is 5.32 Å². The number of halogens is 1. The third-order valence-corrected chi connectivity index (χ3v) is 6.38. The lowest BCUT2D eigenvalue weighted by Gasteiger charge is -2.14. The molecule has 1 unspecified atom stereocenters. The van der Waals surface area contributed by atoms with E-state index in [0.717, 1.165) is 0 Å². The first kappa shape index (κ1) is 16.8. The van der Waals surface area contributed by atoms with E-state index in [-0.39, 0.29) is 23.9 Å². The van der Waals surface area contributed by atoms with Crippen LogP contribution in [0.3, 0.4) is 0 Å². The summed E-state index contributed by atoms with van der Waals surface area (Å²) >= 11 is 0. The molecule has 1 amide bonds. The summed E-state index contributed by atoms with van der Waals surface area (Å²) in [6, 6.07) is 9.27. The van der Waals surface area contributed by atoms with Gasteiger partial charge in [0, 0.05) is 23.7 Å². The summed E-state index contributed by atoms with van der Waals surface area (Å²) < 4.78 is 44.3. The zero-order valence-electron chi connectivity index (χ0n) is 13.8. The first-order chi connectivity index (χ1) is 12.4. The van der Waals surface area contributed by atoms with Gasteiger partial charge in [-0.05, 0) is 12.5 Å². The number of hydrogen-bond donors (Lipinski definition) is 1. The molecule has 4 rings (SSSR count). The zero-order chi connectivity index (χ0) is 18.3. The summed E-state index contributed by atoms with van der Waals surface area (Å²) in [5, 5.41) is 2.77. The molecule has 1 aliphatic heterocycles. The molecule has 6 nitrogen and oxygen atoms in total. The Labute approximate surface area is 149 Å². The van der Waals surface area contributed by atoms with Crippen molar-refractivity contribution in [1.82, 2.24) is 9.88 Å². The molecule has 1 N–H and O–H groups in total. The average Bonchev–Trinajstić information content (AvgIpc) is 3.25. The van der Waals surface area contributed by atoms with E-state index in [9.17, 15) is 17.6 Å². The second-order valence-electron chi connectivity index (χ2n) is 6.45. The Hall–Kier alpha value is -2.61. The van der Waals surface area contributed by atoms with Crippen LogP contribution in [0.25, 0.3) is 11.1 Å². The second-order valence-corrected chi connectivity index (χ2v) is 8.68. The molecule has 1 aliphatic rings. The van der Waals surface area contributed by atoms with Gasteiger partial charge in [0.25, 0.3) is 5.91 Å². The summed E-state index contributed by atoms with van der Waals surface area (Å²) in [6.07, 6.45) is 1.91. The van der Waals surface area contributed by atoms with E-state index in [1.165, 1.54) is 12.3 Å². The third kappa shape index (κ3) is 3.12. The molecule has 1 aromatic carbocycles. The van der Waals surface area contributed by atoms with E-state index >= 15 is 0 Å². The number of sulfone groups is 1. The maximum absolute atomic E-state index is 14.0. The molecule has 136 valence electrons. The molecule has 0 saturated carbocycles. The lowest BCUT2D eigenvalue weighted by atomic mass is 10.2. The molecule has 0 radical (unpaired) electrons. The SMILES string of the molecule is O=C(NC1CCS(=O)(=O)C1)c1cc2occc2n1Cc1ccccc1F. The Kier molecular flexibility index (Phi) is 4.07. The number of furan rings is 1. The van der Waals surface area contributed by atoms with Crippen molar-refractivity contribution < 1.29 is 22.0 Å². The fourth-order valence-corrected chi connectivity index (χ4v) is 4.97. The smallest absolute Gasteiger partial charge is 0.268 e. The number of carbonyl (C=O) groups excluding carboxylic acids is 1. The Morgan fingerprint density at radius 2 is 2.12 bits per heavy atom. The number of carbonyl (C=O) groups is 1. The van der Waals surface area contributed by atoms with Gasteiger partial charge in [0.2, 0.25) is 0 Å². The van der Waals surface area contributed by atoms with Crippen molar-refractivity contribution in [1.29, 1.82) is 0 Å². The van der Waals surface area contributed by atoms with Gasteiger partial charge in [-0.1, -0.05) is 18.2 Å². The first-order valence-electron chi connectivity index (χ1n) is 8.24. The lowest BCUT2D eigenvalue weighted by Crippen LogP contribution is -2.36. The van der Waals surface area contributed by atoms with Crippen molar-refractivity contribution in [3.8, 4) is 0 Å².